The van der Waals surface area contributed by atoms with Crippen LogP contribution in [0.3, 0.4) is 0 Å². The van der Waals surface area contributed by atoms with Gasteiger partial charge in [-0.15, -0.1) is 11.3 Å². The number of hydrogen-bond acceptors (Lipinski definition) is 8. The van der Waals surface area contributed by atoms with Crippen LogP contribution >= 0.6 is 22.9 Å². The van der Waals surface area contributed by atoms with Crippen molar-refractivity contribution in [1.29, 1.82) is 0 Å². The van der Waals surface area contributed by atoms with Crippen LogP contribution in [0.4, 0.5) is 5.82 Å². The number of aliphatic hydroxyl groups excluding tert-OH is 1. The van der Waals surface area contributed by atoms with Gasteiger partial charge in [0.2, 0.25) is 11.8 Å². The van der Waals surface area contributed by atoms with Crippen LogP contribution in [-0.2, 0) is 23.2 Å². The molecule has 4 atom stereocenters. The average Bonchev–Trinajstić information content (AvgIpc) is 3.84. The summed E-state index contributed by atoms with van der Waals surface area (Å²) in [6.45, 7) is 3.94. The Hall–Kier alpha value is -5.50. The molecule has 5 heterocycles. The summed E-state index contributed by atoms with van der Waals surface area (Å²) >= 11 is 7.88. The fourth-order valence-electron chi connectivity index (χ4n) is 8.81. The zero-order valence-corrected chi connectivity index (χ0v) is 31.2. The largest absolute Gasteiger partial charge is 0.491 e. The third kappa shape index (κ3) is 4.88. The number of amides is 2. The smallest absolute Gasteiger partial charge is 0.352 e. The number of rotatable bonds is 7. The molecule has 0 radical (unpaired) electrons. The van der Waals surface area contributed by atoms with E-state index < -0.39 is 34.7 Å². The van der Waals surface area contributed by atoms with E-state index in [0.717, 1.165) is 36.2 Å². The topological polar surface area (TPSA) is 134 Å². The van der Waals surface area contributed by atoms with Gasteiger partial charge in [-0.1, -0.05) is 48.0 Å². The molecule has 12 nitrogen and oxygen atoms in total. The molecule has 274 valence electrons. The molecule has 3 aromatic carbocycles. The molecule has 1 saturated heterocycles. The van der Waals surface area contributed by atoms with Gasteiger partial charge in [0.05, 0.1) is 41.1 Å². The number of ether oxygens (including phenoxy) is 1. The van der Waals surface area contributed by atoms with Crippen LogP contribution in [0.15, 0.2) is 100 Å². The lowest BCUT2D eigenvalue weighted by atomic mass is 9.56. The number of aryl methyl sites for hydroxylation is 2. The molecule has 14 heteroatoms. The standard InChI is InChI=1S/C40H35ClN6O6S/c1-22-28-19-24(41)11-14-32(28)54-35(22)30-21-33(43(3)42-30)46-36(49)29-20-31-27(15-16-44-38(51)45(39(52)47(31)44)25-7-5-4-6-8-25)34(40(29,2)37(46)50)23-9-12-26(13-10-23)53-18-17-48/h4-15,19,21,29,31,34,48H,16-18,20H2,1-3H3. The third-order valence-corrected chi connectivity index (χ3v) is 12.9. The van der Waals surface area contributed by atoms with Crippen molar-refractivity contribution >= 4 is 50.7 Å². The normalized spacial score (nSPS) is 22.0. The van der Waals surface area contributed by atoms with Crippen LogP contribution in [-0.4, -0.2) is 53.8 Å². The first kappa shape index (κ1) is 34.3. The van der Waals surface area contributed by atoms with Gasteiger partial charge in [0.25, 0.3) is 0 Å². The van der Waals surface area contributed by atoms with Crippen molar-refractivity contribution in [2.45, 2.75) is 38.8 Å². The minimum atomic E-state index is -1.25. The molecule has 0 bridgehead atoms. The van der Waals surface area contributed by atoms with Crippen LogP contribution in [0.1, 0.15) is 36.4 Å². The van der Waals surface area contributed by atoms with Crippen LogP contribution in [0.2, 0.25) is 5.02 Å². The highest BCUT2D eigenvalue weighted by Crippen LogP contribution is 2.61. The summed E-state index contributed by atoms with van der Waals surface area (Å²) in [5.74, 6) is -1.34. The van der Waals surface area contributed by atoms with Gasteiger partial charge in [0, 0.05) is 28.8 Å². The summed E-state index contributed by atoms with van der Waals surface area (Å²) < 4.78 is 12.3. The van der Waals surface area contributed by atoms with Crippen LogP contribution in [0, 0.1) is 18.3 Å². The molecule has 1 saturated carbocycles. The van der Waals surface area contributed by atoms with Crippen molar-refractivity contribution in [2.24, 2.45) is 18.4 Å². The van der Waals surface area contributed by atoms with E-state index in [-0.39, 0.29) is 38.0 Å². The van der Waals surface area contributed by atoms with Gasteiger partial charge in [0.15, 0.2) is 0 Å². The minimum Gasteiger partial charge on any atom is -0.491 e. The lowest BCUT2D eigenvalue weighted by molar-refractivity contribution is -0.129. The lowest BCUT2D eigenvalue weighted by Gasteiger charge is -2.47. The number of allylic oxidation sites excluding steroid dienone is 2. The molecule has 3 aromatic heterocycles. The Morgan fingerprint density at radius 3 is 2.50 bits per heavy atom. The molecule has 2 fully saturated rings. The molecule has 9 rings (SSSR count). The van der Waals surface area contributed by atoms with Gasteiger partial charge < -0.3 is 9.84 Å². The summed E-state index contributed by atoms with van der Waals surface area (Å²) in [6, 6.07) is 22.9. The Balaban J connectivity index is 1.18. The minimum absolute atomic E-state index is 0.116. The fraction of sp³-hybridized carbons (Fsp3) is 0.275. The maximum Gasteiger partial charge on any atom is 0.352 e. The molecule has 6 aromatic rings. The number of halogens is 1. The van der Waals surface area contributed by atoms with Gasteiger partial charge >= 0.3 is 11.4 Å². The number of fused-ring (bicyclic) bond motifs is 5. The van der Waals surface area contributed by atoms with Crippen LogP contribution < -0.4 is 21.0 Å². The van der Waals surface area contributed by atoms with E-state index in [0.29, 0.717) is 28.0 Å². The summed E-state index contributed by atoms with van der Waals surface area (Å²) in [6.07, 6.45) is 2.07. The van der Waals surface area contributed by atoms with Crippen molar-refractivity contribution in [2.75, 3.05) is 18.1 Å². The Morgan fingerprint density at radius 2 is 1.76 bits per heavy atom. The first-order valence-corrected chi connectivity index (χ1v) is 18.9. The second-order valence-electron chi connectivity index (χ2n) is 14.2. The maximum atomic E-state index is 15.1. The van der Waals surface area contributed by atoms with Crippen LogP contribution in [0.25, 0.3) is 26.3 Å². The number of nitrogens with zero attached hydrogens (tertiary/aromatic N) is 6. The van der Waals surface area contributed by atoms with Crippen molar-refractivity contribution in [3.05, 3.63) is 128 Å². The first-order chi connectivity index (χ1) is 26.0. The summed E-state index contributed by atoms with van der Waals surface area (Å²) in [5, 5.41) is 15.7. The van der Waals surface area contributed by atoms with E-state index in [9.17, 15) is 19.5 Å². The van der Waals surface area contributed by atoms with Crippen molar-refractivity contribution in [3.63, 3.8) is 0 Å². The van der Waals surface area contributed by atoms with Gasteiger partial charge in [-0.25, -0.2) is 28.4 Å². The molecular formula is C40H35ClN6O6S. The van der Waals surface area contributed by atoms with E-state index in [1.165, 1.54) is 14.3 Å². The number of carbonyl (C=O) groups excluding carboxylic acids is 2. The highest BCUT2D eigenvalue weighted by atomic mass is 35.5. The van der Waals surface area contributed by atoms with E-state index >= 15 is 4.79 Å². The molecule has 1 N–H and O–H groups in total. The number of aliphatic hydroxyl groups is 1. The van der Waals surface area contributed by atoms with E-state index in [1.54, 1.807) is 65.5 Å². The Bertz CT molecular complexity index is 2670. The second-order valence-corrected chi connectivity index (χ2v) is 15.7. The molecule has 0 spiro atoms. The van der Waals surface area contributed by atoms with Gasteiger partial charge in [-0.3, -0.25) is 14.3 Å². The van der Waals surface area contributed by atoms with Crippen molar-refractivity contribution in [1.82, 2.24) is 23.7 Å². The molecule has 2 amide bonds. The van der Waals surface area contributed by atoms with Gasteiger partial charge in [-0.2, -0.15) is 5.10 Å². The summed E-state index contributed by atoms with van der Waals surface area (Å²) in [7, 11) is 1.72. The van der Waals surface area contributed by atoms with Gasteiger partial charge in [-0.05, 0) is 84.8 Å². The zero-order chi connectivity index (χ0) is 37.6. The number of benzene rings is 3. The lowest BCUT2D eigenvalue weighted by Crippen LogP contribution is -2.49. The summed E-state index contributed by atoms with van der Waals surface area (Å²) in [4.78, 5) is 60.1. The molecule has 54 heavy (non-hydrogen) atoms. The van der Waals surface area contributed by atoms with E-state index in [2.05, 4.69) is 0 Å². The highest BCUT2D eigenvalue weighted by Gasteiger charge is 2.66. The number of imide groups is 1. The van der Waals surface area contributed by atoms with Crippen LogP contribution in [0.5, 0.6) is 5.75 Å². The number of thiophene rings is 1. The SMILES string of the molecule is Cc1c(-c2cc(N3C(=O)C4CC5C(=CCn6c(=O)n(-c7ccccc7)c(=O)n65)C(c5ccc(OCCO)cc5)C4(C)C3=O)n(C)n2)sc2ccc(Cl)cc12. The van der Waals surface area contributed by atoms with E-state index in [1.807, 2.05) is 56.3 Å². The number of para-hydroxylation sites is 1. The Morgan fingerprint density at radius 1 is 1.00 bits per heavy atom. The Labute approximate surface area is 317 Å². The number of anilines is 1. The van der Waals surface area contributed by atoms with Crippen molar-refractivity contribution in [3.8, 4) is 22.0 Å². The maximum absolute atomic E-state index is 15.1. The predicted octanol–water partition coefficient (Wildman–Crippen LogP) is 5.61. The quantitative estimate of drug-likeness (QED) is 0.165. The van der Waals surface area contributed by atoms with Gasteiger partial charge in [0.1, 0.15) is 23.9 Å². The average molecular weight is 763 g/mol. The zero-order valence-electron chi connectivity index (χ0n) is 29.6. The fourth-order valence-corrected chi connectivity index (χ4v) is 10.1. The number of aromatic nitrogens is 5. The molecule has 2 aliphatic heterocycles. The highest BCUT2D eigenvalue weighted by molar-refractivity contribution is 7.22. The number of carbonyl (C=O) groups is 2. The van der Waals surface area contributed by atoms with Crippen molar-refractivity contribution < 1.29 is 19.4 Å². The summed E-state index contributed by atoms with van der Waals surface area (Å²) in [5.41, 5.74) is 1.38. The molecule has 3 aliphatic rings. The predicted molar refractivity (Wildman–Crippen MR) is 206 cm³/mol. The molecule has 4 unspecified atom stereocenters. The molecule has 1 aliphatic carbocycles. The third-order valence-electron chi connectivity index (χ3n) is 11.3. The monoisotopic (exact) mass is 762 g/mol. The molecular weight excluding hydrogens is 728 g/mol. The first-order valence-electron chi connectivity index (χ1n) is 17.7. The second kappa shape index (κ2) is 12.5. The van der Waals surface area contributed by atoms with E-state index in [4.69, 9.17) is 21.4 Å². The number of hydrogen-bond donors (Lipinski definition) is 1. The Kier molecular flexibility index (Phi) is 7.96.